The number of aliphatic hydroxyl groups is 1. The summed E-state index contributed by atoms with van der Waals surface area (Å²) >= 11 is 0. The van der Waals surface area contributed by atoms with Gasteiger partial charge < -0.3 is 9.84 Å². The molecule has 0 saturated heterocycles. The minimum absolute atomic E-state index is 0.0166. The van der Waals surface area contributed by atoms with Crippen LogP contribution in [0.2, 0.25) is 0 Å². The third-order valence-electron chi connectivity index (χ3n) is 12.2. The van der Waals surface area contributed by atoms with Gasteiger partial charge >= 0.3 is 5.97 Å². The van der Waals surface area contributed by atoms with Crippen LogP contribution in [-0.2, 0) is 9.53 Å². The lowest BCUT2D eigenvalue weighted by atomic mass is 10.0. The van der Waals surface area contributed by atoms with Crippen molar-refractivity contribution in [2.24, 2.45) is 0 Å². The highest BCUT2D eigenvalue weighted by atomic mass is 16.5. The van der Waals surface area contributed by atoms with Crippen molar-refractivity contribution < 1.29 is 14.6 Å². The fourth-order valence-electron chi connectivity index (χ4n) is 8.28. The van der Waals surface area contributed by atoms with Crippen molar-refractivity contribution in [2.45, 2.75) is 309 Å². The Kier molecular flexibility index (Phi) is 51.4. The molecule has 3 heteroatoms. The van der Waals surface area contributed by atoms with E-state index in [0.29, 0.717) is 19.6 Å². The number of allylic oxidation sites excluding steroid dienone is 2. The van der Waals surface area contributed by atoms with Gasteiger partial charge in [0.25, 0.3) is 0 Å². The van der Waals surface area contributed by atoms with E-state index in [1.165, 1.54) is 270 Å². The van der Waals surface area contributed by atoms with Gasteiger partial charge in [-0.1, -0.05) is 276 Å². The van der Waals surface area contributed by atoms with Crippen molar-refractivity contribution in [3.8, 4) is 0 Å². The lowest BCUT2D eigenvalue weighted by Gasteiger charge is -2.06. The van der Waals surface area contributed by atoms with Gasteiger partial charge in [0.1, 0.15) is 0 Å². The molecule has 0 fully saturated rings. The third-order valence-corrected chi connectivity index (χ3v) is 12.2. The zero-order valence-corrected chi connectivity index (χ0v) is 38.6. The Hall–Kier alpha value is -0.830. The molecule has 0 saturated carbocycles. The van der Waals surface area contributed by atoms with Gasteiger partial charge in [0.15, 0.2) is 0 Å². The standard InChI is InChI=1S/C53H104O3/c1-2-3-4-5-6-7-35-38-41-44-47-50-53(55)56-52-49-46-43-40-37-34-32-30-28-26-24-22-20-18-16-14-12-10-8-9-11-13-15-17-19-21-23-25-27-29-31-33-36-39-42-45-48-51-54/h5-6,54H,2-4,7-52H2,1H3/b6-5-. The Balaban J connectivity index is 3.12. The highest BCUT2D eigenvalue weighted by molar-refractivity contribution is 5.69. The maximum absolute atomic E-state index is 12.0. The number of hydrogen-bond acceptors (Lipinski definition) is 3. The fraction of sp³-hybridized carbons (Fsp3) is 0.943. The van der Waals surface area contributed by atoms with Crippen molar-refractivity contribution in [3.05, 3.63) is 12.2 Å². The van der Waals surface area contributed by atoms with E-state index < -0.39 is 0 Å². The maximum atomic E-state index is 12.0. The summed E-state index contributed by atoms with van der Waals surface area (Å²) in [6.07, 6.45) is 68.2. The summed E-state index contributed by atoms with van der Waals surface area (Å²) in [5, 5.41) is 8.82. The minimum Gasteiger partial charge on any atom is -0.466 e. The average Bonchev–Trinajstić information content (AvgIpc) is 3.20. The van der Waals surface area contributed by atoms with Crippen molar-refractivity contribution in [3.63, 3.8) is 0 Å². The molecule has 1 N–H and O–H groups in total. The lowest BCUT2D eigenvalue weighted by molar-refractivity contribution is -0.143. The van der Waals surface area contributed by atoms with Crippen LogP contribution in [0.1, 0.15) is 309 Å². The molecule has 0 radical (unpaired) electrons. The molecule has 334 valence electrons. The van der Waals surface area contributed by atoms with Crippen LogP contribution in [0, 0.1) is 0 Å². The highest BCUT2D eigenvalue weighted by Crippen LogP contribution is 2.18. The Morgan fingerprint density at radius 2 is 0.589 bits per heavy atom. The Bertz CT molecular complexity index is 732. The predicted molar refractivity (Wildman–Crippen MR) is 250 cm³/mol. The topological polar surface area (TPSA) is 46.5 Å². The predicted octanol–water partition coefficient (Wildman–Crippen LogP) is 18.4. The van der Waals surface area contributed by atoms with E-state index in [4.69, 9.17) is 9.84 Å². The van der Waals surface area contributed by atoms with Crippen molar-refractivity contribution in [2.75, 3.05) is 13.2 Å². The molecule has 0 amide bonds. The first kappa shape index (κ1) is 55.2. The van der Waals surface area contributed by atoms with Gasteiger partial charge in [-0.15, -0.1) is 0 Å². The SMILES string of the molecule is CCCC/C=C\CCCCCCCC(=O)OCCCCCCCCCCCCCCCCCCCCCCCCCCCCCCCCCCCCCCCO. The molecule has 0 spiro atoms. The Morgan fingerprint density at radius 3 is 0.893 bits per heavy atom. The van der Waals surface area contributed by atoms with Gasteiger partial charge in [0.05, 0.1) is 6.61 Å². The number of ether oxygens (including phenoxy) is 1. The van der Waals surface area contributed by atoms with E-state index in [1.807, 2.05) is 0 Å². The second kappa shape index (κ2) is 52.2. The molecule has 0 aliphatic carbocycles. The van der Waals surface area contributed by atoms with Gasteiger partial charge in [0.2, 0.25) is 0 Å². The third kappa shape index (κ3) is 51.2. The van der Waals surface area contributed by atoms with E-state index in [2.05, 4.69) is 19.1 Å². The molecule has 0 aliphatic rings. The molecule has 0 atom stereocenters. The first-order valence-corrected chi connectivity index (χ1v) is 26.2. The normalized spacial score (nSPS) is 11.7. The molecule has 0 aromatic rings. The largest absolute Gasteiger partial charge is 0.466 e. The molecule has 3 nitrogen and oxygen atoms in total. The summed E-state index contributed by atoms with van der Waals surface area (Å²) in [6, 6.07) is 0. The summed E-state index contributed by atoms with van der Waals surface area (Å²) in [5.74, 6) is 0.0166. The van der Waals surface area contributed by atoms with Crippen LogP contribution in [0.5, 0.6) is 0 Å². The van der Waals surface area contributed by atoms with Crippen LogP contribution in [-0.4, -0.2) is 24.3 Å². The molecule has 0 aromatic heterocycles. The molecule has 0 rings (SSSR count). The van der Waals surface area contributed by atoms with E-state index >= 15 is 0 Å². The monoisotopic (exact) mass is 789 g/mol. The first-order chi connectivity index (χ1) is 27.8. The summed E-state index contributed by atoms with van der Waals surface area (Å²) in [7, 11) is 0. The van der Waals surface area contributed by atoms with Crippen LogP contribution in [0.3, 0.4) is 0 Å². The van der Waals surface area contributed by atoms with Gasteiger partial charge in [-0.05, 0) is 38.5 Å². The molecule has 0 aliphatic heterocycles. The second-order valence-electron chi connectivity index (χ2n) is 17.9. The van der Waals surface area contributed by atoms with E-state index in [1.54, 1.807) is 0 Å². The number of esters is 1. The number of carbonyl (C=O) groups excluding carboxylic acids is 1. The van der Waals surface area contributed by atoms with Crippen LogP contribution in [0.15, 0.2) is 12.2 Å². The van der Waals surface area contributed by atoms with Gasteiger partial charge in [-0.25, -0.2) is 0 Å². The summed E-state index contributed by atoms with van der Waals surface area (Å²) < 4.78 is 5.46. The Labute approximate surface area is 353 Å². The van der Waals surface area contributed by atoms with Crippen molar-refractivity contribution in [1.82, 2.24) is 0 Å². The zero-order chi connectivity index (χ0) is 40.3. The van der Waals surface area contributed by atoms with Gasteiger partial charge in [-0.2, -0.15) is 0 Å². The molecule has 0 bridgehead atoms. The van der Waals surface area contributed by atoms with Crippen molar-refractivity contribution >= 4 is 5.97 Å². The van der Waals surface area contributed by atoms with E-state index in [-0.39, 0.29) is 5.97 Å². The minimum atomic E-state index is 0.0166. The quantitative estimate of drug-likeness (QED) is 0.0379. The highest BCUT2D eigenvalue weighted by Gasteiger charge is 2.03. The van der Waals surface area contributed by atoms with Crippen LogP contribution in [0.4, 0.5) is 0 Å². The number of unbranched alkanes of at least 4 members (excludes halogenated alkanes) is 43. The number of rotatable bonds is 50. The van der Waals surface area contributed by atoms with Crippen molar-refractivity contribution in [1.29, 1.82) is 0 Å². The zero-order valence-electron chi connectivity index (χ0n) is 38.6. The smallest absolute Gasteiger partial charge is 0.305 e. The molecule has 0 unspecified atom stereocenters. The first-order valence-electron chi connectivity index (χ1n) is 26.2. The van der Waals surface area contributed by atoms with Gasteiger partial charge in [-0.3, -0.25) is 4.79 Å². The summed E-state index contributed by atoms with van der Waals surface area (Å²) in [6.45, 7) is 3.24. The lowest BCUT2D eigenvalue weighted by Crippen LogP contribution is -2.05. The van der Waals surface area contributed by atoms with Crippen LogP contribution in [0.25, 0.3) is 0 Å². The summed E-state index contributed by atoms with van der Waals surface area (Å²) in [5.41, 5.74) is 0. The molecule has 0 heterocycles. The maximum Gasteiger partial charge on any atom is 0.305 e. The molecular formula is C53H104O3. The average molecular weight is 789 g/mol. The number of hydrogen-bond donors (Lipinski definition) is 1. The molecule has 56 heavy (non-hydrogen) atoms. The van der Waals surface area contributed by atoms with E-state index in [0.717, 1.165) is 25.7 Å². The summed E-state index contributed by atoms with van der Waals surface area (Å²) in [4.78, 5) is 12.0. The number of carbonyl (C=O) groups is 1. The molecule has 0 aromatic carbocycles. The Morgan fingerprint density at radius 1 is 0.339 bits per heavy atom. The van der Waals surface area contributed by atoms with E-state index in [9.17, 15) is 4.79 Å². The van der Waals surface area contributed by atoms with Crippen LogP contribution < -0.4 is 0 Å². The molecular weight excluding hydrogens is 685 g/mol. The fourth-order valence-corrected chi connectivity index (χ4v) is 8.28. The number of aliphatic hydroxyl groups excluding tert-OH is 1. The van der Waals surface area contributed by atoms with Crippen LogP contribution >= 0.6 is 0 Å². The van der Waals surface area contributed by atoms with Gasteiger partial charge in [0, 0.05) is 13.0 Å². The second-order valence-corrected chi connectivity index (χ2v) is 17.9.